The lowest BCUT2D eigenvalue weighted by Gasteiger charge is -1.94. The molecule has 1 aliphatic heterocycles. The molecule has 5 heteroatoms. The fraction of sp³-hybridized carbons (Fsp3) is 0.875. The standard InChI is InChI=1S/C4H11NO2.C4H7NO/c6-3-1-5-2-4-7;6-4-2-1-3-5-4/h5-7H,1-4H2;1-3H2,(H,5,6). The van der Waals surface area contributed by atoms with Gasteiger partial charge in [0.05, 0.1) is 13.2 Å². The summed E-state index contributed by atoms with van der Waals surface area (Å²) in [6.45, 7) is 2.31. The van der Waals surface area contributed by atoms with E-state index in [0.717, 1.165) is 19.4 Å². The molecule has 0 aromatic heterocycles. The van der Waals surface area contributed by atoms with Crippen LogP contribution in [0.4, 0.5) is 0 Å². The molecule has 0 unspecified atom stereocenters. The van der Waals surface area contributed by atoms with Crippen LogP contribution in [0.3, 0.4) is 0 Å². The molecule has 13 heavy (non-hydrogen) atoms. The van der Waals surface area contributed by atoms with Crippen molar-refractivity contribution in [3.63, 3.8) is 0 Å². The summed E-state index contributed by atoms with van der Waals surface area (Å²) < 4.78 is 0. The Balaban J connectivity index is 0.000000223. The molecule has 0 radical (unpaired) electrons. The topological polar surface area (TPSA) is 81.6 Å². The lowest BCUT2D eigenvalue weighted by molar-refractivity contribution is -0.119. The number of aliphatic hydroxyl groups is 2. The second-order valence-corrected chi connectivity index (χ2v) is 2.65. The van der Waals surface area contributed by atoms with Crippen molar-refractivity contribution in [2.45, 2.75) is 12.8 Å². The summed E-state index contributed by atoms with van der Waals surface area (Å²) >= 11 is 0. The molecule has 1 fully saturated rings. The molecule has 1 heterocycles. The average Bonchev–Trinajstić information content (AvgIpc) is 2.58. The van der Waals surface area contributed by atoms with Crippen molar-refractivity contribution in [3.8, 4) is 0 Å². The maximum absolute atomic E-state index is 10.1. The number of rotatable bonds is 4. The van der Waals surface area contributed by atoms with Gasteiger partial charge in [-0.15, -0.1) is 0 Å². The zero-order valence-corrected chi connectivity index (χ0v) is 7.75. The van der Waals surface area contributed by atoms with E-state index < -0.39 is 0 Å². The molecule has 0 atom stereocenters. The Morgan fingerprint density at radius 3 is 2.15 bits per heavy atom. The smallest absolute Gasteiger partial charge is 0.220 e. The SMILES string of the molecule is O=C1CCCN1.OCCNCCO. The highest BCUT2D eigenvalue weighted by molar-refractivity contribution is 5.77. The number of carbonyl (C=O) groups is 1. The molecule has 1 rings (SSSR count). The molecule has 78 valence electrons. The van der Waals surface area contributed by atoms with Gasteiger partial charge in [-0.2, -0.15) is 0 Å². The lowest BCUT2D eigenvalue weighted by atomic mass is 10.4. The van der Waals surface area contributed by atoms with E-state index in [2.05, 4.69) is 10.6 Å². The summed E-state index contributed by atoms with van der Waals surface area (Å²) in [5.41, 5.74) is 0. The van der Waals surface area contributed by atoms with Crippen LogP contribution < -0.4 is 10.6 Å². The van der Waals surface area contributed by atoms with Gasteiger partial charge in [-0.1, -0.05) is 0 Å². The van der Waals surface area contributed by atoms with Crippen LogP contribution in [-0.4, -0.2) is 49.0 Å². The van der Waals surface area contributed by atoms with Crippen LogP contribution in [0, 0.1) is 0 Å². The second kappa shape index (κ2) is 9.44. The van der Waals surface area contributed by atoms with Gasteiger partial charge in [0, 0.05) is 26.1 Å². The molecule has 5 nitrogen and oxygen atoms in total. The summed E-state index contributed by atoms with van der Waals surface area (Å²) in [4.78, 5) is 10.1. The minimum Gasteiger partial charge on any atom is -0.395 e. The van der Waals surface area contributed by atoms with Gasteiger partial charge in [0.2, 0.25) is 5.91 Å². The maximum Gasteiger partial charge on any atom is 0.220 e. The van der Waals surface area contributed by atoms with Crippen LogP contribution in [0.25, 0.3) is 0 Å². The first kappa shape index (κ1) is 12.3. The first-order valence-electron chi connectivity index (χ1n) is 4.50. The van der Waals surface area contributed by atoms with Gasteiger partial charge in [-0.05, 0) is 6.42 Å². The molecule has 0 saturated carbocycles. The van der Waals surface area contributed by atoms with Crippen molar-refractivity contribution in [2.75, 3.05) is 32.8 Å². The first-order chi connectivity index (χ1) is 6.31. The fourth-order valence-electron chi connectivity index (χ4n) is 0.848. The number of hydrogen-bond acceptors (Lipinski definition) is 4. The zero-order valence-electron chi connectivity index (χ0n) is 7.75. The third kappa shape index (κ3) is 9.26. The third-order valence-electron chi connectivity index (χ3n) is 1.48. The number of aliphatic hydroxyl groups excluding tert-OH is 2. The number of carbonyl (C=O) groups excluding carboxylic acids is 1. The van der Waals surface area contributed by atoms with Gasteiger partial charge >= 0.3 is 0 Å². The summed E-state index contributed by atoms with van der Waals surface area (Å²) in [6.07, 6.45) is 1.76. The van der Waals surface area contributed by atoms with Crippen molar-refractivity contribution in [1.29, 1.82) is 0 Å². The quantitative estimate of drug-likeness (QED) is 0.405. The largest absolute Gasteiger partial charge is 0.395 e. The molecule has 1 saturated heterocycles. The van der Waals surface area contributed by atoms with Crippen molar-refractivity contribution < 1.29 is 15.0 Å². The lowest BCUT2D eigenvalue weighted by Crippen LogP contribution is -2.21. The summed E-state index contributed by atoms with van der Waals surface area (Å²) in [5.74, 6) is 0.204. The predicted octanol–water partition coefficient (Wildman–Crippen LogP) is -1.54. The number of amides is 1. The monoisotopic (exact) mass is 190 g/mol. The van der Waals surface area contributed by atoms with E-state index in [4.69, 9.17) is 10.2 Å². The van der Waals surface area contributed by atoms with Crippen molar-refractivity contribution in [1.82, 2.24) is 10.6 Å². The molecule has 0 spiro atoms. The van der Waals surface area contributed by atoms with Crippen LogP contribution in [0.5, 0.6) is 0 Å². The second-order valence-electron chi connectivity index (χ2n) is 2.65. The molecule has 4 N–H and O–H groups in total. The van der Waals surface area contributed by atoms with Gasteiger partial charge in [0.25, 0.3) is 0 Å². The zero-order chi connectivity index (χ0) is 9.94. The normalized spacial score (nSPS) is 14.8. The molecule has 1 amide bonds. The maximum atomic E-state index is 10.1. The van der Waals surface area contributed by atoms with E-state index >= 15 is 0 Å². The molecule has 0 bridgehead atoms. The van der Waals surface area contributed by atoms with Gasteiger partial charge < -0.3 is 20.8 Å². The minimum absolute atomic E-state index is 0.139. The van der Waals surface area contributed by atoms with E-state index in [1.165, 1.54) is 0 Å². The fourth-order valence-corrected chi connectivity index (χ4v) is 0.848. The average molecular weight is 190 g/mol. The van der Waals surface area contributed by atoms with Gasteiger partial charge in [-0.3, -0.25) is 4.79 Å². The molecule has 0 aliphatic carbocycles. The van der Waals surface area contributed by atoms with Crippen molar-refractivity contribution >= 4 is 5.91 Å². The van der Waals surface area contributed by atoms with Gasteiger partial charge in [0.1, 0.15) is 0 Å². The first-order valence-corrected chi connectivity index (χ1v) is 4.50. The molecule has 0 aromatic rings. The molecule has 1 aliphatic rings. The van der Waals surface area contributed by atoms with E-state index in [1.54, 1.807) is 0 Å². The van der Waals surface area contributed by atoms with E-state index in [9.17, 15) is 4.79 Å². The van der Waals surface area contributed by atoms with E-state index in [1.807, 2.05) is 0 Å². The van der Waals surface area contributed by atoms with Gasteiger partial charge in [-0.25, -0.2) is 0 Å². The summed E-state index contributed by atoms with van der Waals surface area (Å²) in [7, 11) is 0. The van der Waals surface area contributed by atoms with Crippen LogP contribution in [0.1, 0.15) is 12.8 Å². The Morgan fingerprint density at radius 2 is 1.92 bits per heavy atom. The number of nitrogens with one attached hydrogen (secondary N) is 2. The van der Waals surface area contributed by atoms with Crippen molar-refractivity contribution in [3.05, 3.63) is 0 Å². The van der Waals surface area contributed by atoms with E-state index in [0.29, 0.717) is 13.1 Å². The Bertz CT molecular complexity index is 119. The van der Waals surface area contributed by atoms with Gasteiger partial charge in [0.15, 0.2) is 0 Å². The van der Waals surface area contributed by atoms with Crippen molar-refractivity contribution in [2.24, 2.45) is 0 Å². The number of hydrogen-bond donors (Lipinski definition) is 4. The Labute approximate surface area is 78.1 Å². The Morgan fingerprint density at radius 1 is 1.31 bits per heavy atom. The third-order valence-corrected chi connectivity index (χ3v) is 1.48. The predicted molar refractivity (Wildman–Crippen MR) is 49.3 cm³/mol. The highest BCUT2D eigenvalue weighted by Crippen LogP contribution is 1.93. The summed E-state index contributed by atoms with van der Waals surface area (Å²) in [5, 5.41) is 21.8. The highest BCUT2D eigenvalue weighted by Gasteiger charge is 2.05. The molecular formula is C8H18N2O3. The van der Waals surface area contributed by atoms with Crippen LogP contribution in [0.15, 0.2) is 0 Å². The molecular weight excluding hydrogens is 172 g/mol. The minimum atomic E-state index is 0.139. The van der Waals surface area contributed by atoms with E-state index in [-0.39, 0.29) is 19.1 Å². The van der Waals surface area contributed by atoms with Crippen LogP contribution in [-0.2, 0) is 4.79 Å². The Hall–Kier alpha value is -0.650. The molecule has 0 aromatic carbocycles. The van der Waals surface area contributed by atoms with Crippen LogP contribution in [0.2, 0.25) is 0 Å². The Kier molecular flexibility index (Phi) is 8.97. The highest BCUT2D eigenvalue weighted by atomic mass is 16.3. The summed E-state index contributed by atoms with van der Waals surface area (Å²) in [6, 6.07) is 0. The van der Waals surface area contributed by atoms with Crippen LogP contribution >= 0.6 is 0 Å².